The molecule has 0 saturated carbocycles. The molecule has 138 valence electrons. The van der Waals surface area contributed by atoms with Gasteiger partial charge in [-0.3, -0.25) is 24.3 Å². The minimum absolute atomic E-state index is 0.0909. The van der Waals surface area contributed by atoms with Crippen LogP contribution < -0.4 is 5.32 Å². The fraction of sp³-hybridized carbons (Fsp3) is 0.300. The van der Waals surface area contributed by atoms with Crippen molar-refractivity contribution in [3.63, 3.8) is 0 Å². The van der Waals surface area contributed by atoms with Crippen LogP contribution in [0.25, 0.3) is 0 Å². The van der Waals surface area contributed by atoms with Gasteiger partial charge in [0.1, 0.15) is 0 Å². The van der Waals surface area contributed by atoms with Gasteiger partial charge < -0.3 is 5.32 Å². The van der Waals surface area contributed by atoms with Crippen molar-refractivity contribution in [2.24, 2.45) is 0 Å². The molecule has 7 nitrogen and oxygen atoms in total. The minimum atomic E-state index is -0.0909. The number of rotatable bonds is 6. The summed E-state index contributed by atoms with van der Waals surface area (Å²) in [5, 5.41) is 7.48. The molecule has 0 bridgehead atoms. The first-order chi connectivity index (χ1) is 13.3. The smallest absolute Gasteiger partial charge is 0.252 e. The van der Waals surface area contributed by atoms with Crippen molar-refractivity contribution < 1.29 is 4.79 Å². The highest BCUT2D eigenvalue weighted by molar-refractivity contribution is 5.93. The Bertz CT molecular complexity index is 880. The van der Waals surface area contributed by atoms with Crippen molar-refractivity contribution in [3.8, 4) is 0 Å². The van der Waals surface area contributed by atoms with Crippen LogP contribution in [0.2, 0.25) is 0 Å². The molecule has 0 saturated heterocycles. The normalized spacial score (nSPS) is 16.7. The van der Waals surface area contributed by atoms with Crippen LogP contribution in [-0.2, 0) is 13.1 Å². The summed E-state index contributed by atoms with van der Waals surface area (Å²) in [4.78, 5) is 22.8. The van der Waals surface area contributed by atoms with Crippen molar-refractivity contribution in [1.82, 2.24) is 30.0 Å². The van der Waals surface area contributed by atoms with E-state index in [-0.39, 0.29) is 11.9 Å². The maximum absolute atomic E-state index is 12.2. The average Bonchev–Trinajstić information content (AvgIpc) is 3.18. The van der Waals surface area contributed by atoms with Crippen LogP contribution in [0.5, 0.6) is 0 Å². The molecule has 1 atom stereocenters. The van der Waals surface area contributed by atoms with E-state index in [1.165, 1.54) is 11.3 Å². The Morgan fingerprint density at radius 1 is 1.11 bits per heavy atom. The molecule has 0 aliphatic carbocycles. The number of hydrogen-bond donors (Lipinski definition) is 1. The van der Waals surface area contributed by atoms with Crippen molar-refractivity contribution in [2.45, 2.75) is 25.6 Å². The van der Waals surface area contributed by atoms with E-state index in [9.17, 15) is 4.79 Å². The van der Waals surface area contributed by atoms with Gasteiger partial charge in [-0.25, -0.2) is 0 Å². The molecule has 7 heteroatoms. The van der Waals surface area contributed by atoms with E-state index in [4.69, 9.17) is 0 Å². The predicted molar refractivity (Wildman–Crippen MR) is 101 cm³/mol. The van der Waals surface area contributed by atoms with Crippen LogP contribution in [0.3, 0.4) is 0 Å². The van der Waals surface area contributed by atoms with E-state index >= 15 is 0 Å². The van der Waals surface area contributed by atoms with Crippen LogP contribution >= 0.6 is 0 Å². The maximum atomic E-state index is 12.2. The second-order valence-electron chi connectivity index (χ2n) is 6.74. The third kappa shape index (κ3) is 4.20. The molecule has 3 aromatic rings. The van der Waals surface area contributed by atoms with E-state index in [0.29, 0.717) is 12.1 Å². The fourth-order valence-corrected chi connectivity index (χ4v) is 3.50. The van der Waals surface area contributed by atoms with E-state index in [1.807, 2.05) is 18.5 Å². The number of carbonyl (C=O) groups excluding carboxylic acids is 1. The lowest BCUT2D eigenvalue weighted by Gasteiger charge is -2.34. The Morgan fingerprint density at radius 2 is 1.96 bits per heavy atom. The Hall–Kier alpha value is -3.06. The second kappa shape index (κ2) is 8.09. The summed E-state index contributed by atoms with van der Waals surface area (Å²) in [6.45, 7) is 3.22. The monoisotopic (exact) mass is 362 g/mol. The summed E-state index contributed by atoms with van der Waals surface area (Å²) < 4.78 is 2.09. The average molecular weight is 362 g/mol. The van der Waals surface area contributed by atoms with E-state index in [0.717, 1.165) is 26.1 Å². The third-order valence-electron chi connectivity index (χ3n) is 4.77. The molecule has 4 heterocycles. The maximum Gasteiger partial charge on any atom is 0.252 e. The van der Waals surface area contributed by atoms with E-state index in [2.05, 4.69) is 42.1 Å². The van der Waals surface area contributed by atoms with Gasteiger partial charge in [-0.15, -0.1) is 0 Å². The van der Waals surface area contributed by atoms with Gasteiger partial charge in [0.05, 0.1) is 17.3 Å². The summed E-state index contributed by atoms with van der Waals surface area (Å²) in [6.07, 6.45) is 9.62. The van der Waals surface area contributed by atoms with Crippen molar-refractivity contribution in [3.05, 3.63) is 78.1 Å². The lowest BCUT2D eigenvalue weighted by Crippen LogP contribution is -2.39. The highest BCUT2D eigenvalue weighted by atomic mass is 16.1. The standard InChI is InChI=1S/C20H22N6O/c27-20(17-4-2-8-22-12-17)23-9-5-18-14-25(13-16-3-1-7-21-11-16)15-19-6-10-24-26(18)19/h1-4,6-8,10-12,18H,5,9,13-15H2,(H,23,27). The summed E-state index contributed by atoms with van der Waals surface area (Å²) in [7, 11) is 0. The second-order valence-corrected chi connectivity index (χ2v) is 6.74. The molecule has 0 spiro atoms. The lowest BCUT2D eigenvalue weighted by molar-refractivity contribution is 0.0946. The Labute approximate surface area is 158 Å². The highest BCUT2D eigenvalue weighted by Crippen LogP contribution is 2.24. The number of nitrogens with zero attached hydrogens (tertiary/aromatic N) is 5. The molecule has 0 radical (unpaired) electrons. The Morgan fingerprint density at radius 3 is 2.74 bits per heavy atom. The molecule has 0 aromatic carbocycles. The Kier molecular flexibility index (Phi) is 5.20. The quantitative estimate of drug-likeness (QED) is 0.726. The molecular weight excluding hydrogens is 340 g/mol. The van der Waals surface area contributed by atoms with Crippen LogP contribution in [0.15, 0.2) is 61.3 Å². The molecular formula is C20H22N6O. The summed E-state index contributed by atoms with van der Waals surface area (Å²) in [6, 6.07) is 9.90. The lowest BCUT2D eigenvalue weighted by atomic mass is 10.1. The third-order valence-corrected chi connectivity index (χ3v) is 4.77. The van der Waals surface area contributed by atoms with Gasteiger partial charge >= 0.3 is 0 Å². The van der Waals surface area contributed by atoms with Gasteiger partial charge in [-0.05, 0) is 36.2 Å². The first kappa shape index (κ1) is 17.4. The van der Waals surface area contributed by atoms with Crippen LogP contribution in [0.4, 0.5) is 0 Å². The molecule has 1 aliphatic heterocycles. The molecule has 0 fully saturated rings. The highest BCUT2D eigenvalue weighted by Gasteiger charge is 2.25. The van der Waals surface area contributed by atoms with Crippen LogP contribution in [0.1, 0.15) is 34.1 Å². The summed E-state index contributed by atoms with van der Waals surface area (Å²) in [5.41, 5.74) is 2.99. The van der Waals surface area contributed by atoms with Crippen molar-refractivity contribution in [1.29, 1.82) is 0 Å². The first-order valence-corrected chi connectivity index (χ1v) is 9.11. The van der Waals surface area contributed by atoms with E-state index < -0.39 is 0 Å². The number of hydrogen-bond acceptors (Lipinski definition) is 5. The van der Waals surface area contributed by atoms with Gasteiger partial charge in [0.2, 0.25) is 0 Å². The Balaban J connectivity index is 1.37. The first-order valence-electron chi connectivity index (χ1n) is 9.11. The topological polar surface area (TPSA) is 75.9 Å². The molecule has 4 rings (SSSR count). The van der Waals surface area contributed by atoms with Gasteiger partial charge in [-0.2, -0.15) is 5.10 Å². The molecule has 3 aromatic heterocycles. The van der Waals surface area contributed by atoms with Crippen molar-refractivity contribution >= 4 is 5.91 Å². The minimum Gasteiger partial charge on any atom is -0.352 e. The van der Waals surface area contributed by atoms with Gasteiger partial charge in [-0.1, -0.05) is 6.07 Å². The molecule has 1 unspecified atom stereocenters. The van der Waals surface area contributed by atoms with Crippen molar-refractivity contribution in [2.75, 3.05) is 13.1 Å². The molecule has 1 aliphatic rings. The number of fused-ring (bicyclic) bond motifs is 1. The number of nitrogens with one attached hydrogen (secondary N) is 1. The van der Waals surface area contributed by atoms with E-state index in [1.54, 1.807) is 30.7 Å². The van der Waals surface area contributed by atoms with Gasteiger partial charge in [0.25, 0.3) is 5.91 Å². The number of pyridine rings is 2. The SMILES string of the molecule is O=C(NCCC1CN(Cc2cccnc2)Cc2ccnn21)c1cccnc1. The van der Waals surface area contributed by atoms with Crippen LogP contribution in [0, 0.1) is 0 Å². The largest absolute Gasteiger partial charge is 0.352 e. The van der Waals surface area contributed by atoms with Crippen LogP contribution in [-0.4, -0.2) is 43.6 Å². The summed E-state index contributed by atoms with van der Waals surface area (Å²) in [5.74, 6) is -0.0909. The zero-order valence-electron chi connectivity index (χ0n) is 15.0. The predicted octanol–water partition coefficient (Wildman–Crippen LogP) is 2.05. The molecule has 1 amide bonds. The molecule has 1 N–H and O–H groups in total. The number of carbonyl (C=O) groups is 1. The number of aromatic nitrogens is 4. The number of amides is 1. The zero-order chi connectivity index (χ0) is 18.5. The van der Waals surface area contributed by atoms with Gasteiger partial charge in [0.15, 0.2) is 0 Å². The van der Waals surface area contributed by atoms with Gasteiger partial charge in [0, 0.05) is 57.2 Å². The summed E-state index contributed by atoms with van der Waals surface area (Å²) >= 11 is 0. The zero-order valence-corrected chi connectivity index (χ0v) is 15.0. The fourth-order valence-electron chi connectivity index (χ4n) is 3.50. The molecule has 27 heavy (non-hydrogen) atoms.